The molecule has 1 saturated carbocycles. The van der Waals surface area contributed by atoms with Gasteiger partial charge in [-0.05, 0) is 50.7 Å². The smallest absolute Gasteiger partial charge is 0.269 e. The highest BCUT2D eigenvalue weighted by Gasteiger charge is 2.30. The zero-order chi connectivity index (χ0) is 19.5. The average Bonchev–Trinajstić information content (AvgIpc) is 3.39. The molecule has 2 aromatic heterocycles. The number of aromatic nitrogens is 4. The predicted octanol–water partition coefficient (Wildman–Crippen LogP) is 0.841. The Labute approximate surface area is 162 Å². The number of carbonyl (C=O) groups is 1. The summed E-state index contributed by atoms with van der Waals surface area (Å²) in [5.74, 6) is 0.536. The normalized spacial score (nSPS) is 25.0. The lowest BCUT2D eigenvalue weighted by Crippen LogP contribution is -2.48. The molecule has 3 N–H and O–H groups in total. The highest BCUT2D eigenvalue weighted by atomic mass is 16.3. The van der Waals surface area contributed by atoms with Crippen molar-refractivity contribution in [3.8, 4) is 0 Å². The van der Waals surface area contributed by atoms with E-state index in [4.69, 9.17) is 0 Å². The number of aliphatic hydroxyl groups excluding tert-OH is 1. The SMILES string of the molecule is O=C(NCC1CCCCN1c1ccc(=O)n(C2CCCC2O)n1)c1ccn[nH]1. The summed E-state index contributed by atoms with van der Waals surface area (Å²) >= 11 is 0. The van der Waals surface area contributed by atoms with Crippen molar-refractivity contribution in [3.63, 3.8) is 0 Å². The van der Waals surface area contributed by atoms with E-state index in [-0.39, 0.29) is 23.6 Å². The zero-order valence-electron chi connectivity index (χ0n) is 15.8. The number of hydrogen-bond donors (Lipinski definition) is 3. The van der Waals surface area contributed by atoms with Crippen LogP contribution in [-0.2, 0) is 0 Å². The van der Waals surface area contributed by atoms with Crippen molar-refractivity contribution in [2.24, 2.45) is 0 Å². The van der Waals surface area contributed by atoms with Gasteiger partial charge in [0.1, 0.15) is 11.5 Å². The molecular formula is C19H26N6O3. The van der Waals surface area contributed by atoms with E-state index in [1.54, 1.807) is 18.3 Å². The topological polar surface area (TPSA) is 116 Å². The summed E-state index contributed by atoms with van der Waals surface area (Å²) in [4.78, 5) is 26.7. The first-order chi connectivity index (χ1) is 13.6. The van der Waals surface area contributed by atoms with Gasteiger partial charge < -0.3 is 15.3 Å². The largest absolute Gasteiger partial charge is 0.391 e. The average molecular weight is 386 g/mol. The third-order valence-electron chi connectivity index (χ3n) is 5.73. The highest BCUT2D eigenvalue weighted by Crippen LogP contribution is 2.29. The van der Waals surface area contributed by atoms with Crippen LogP contribution in [0.3, 0.4) is 0 Å². The van der Waals surface area contributed by atoms with Gasteiger partial charge in [-0.15, -0.1) is 0 Å². The summed E-state index contributed by atoms with van der Waals surface area (Å²) in [6.07, 6.45) is 6.46. The van der Waals surface area contributed by atoms with Gasteiger partial charge in [0.05, 0.1) is 12.1 Å². The molecule has 1 saturated heterocycles. The summed E-state index contributed by atoms with van der Waals surface area (Å²) in [7, 11) is 0. The summed E-state index contributed by atoms with van der Waals surface area (Å²) in [5, 5.41) is 24.2. The van der Waals surface area contributed by atoms with Gasteiger partial charge in [-0.2, -0.15) is 10.2 Å². The maximum atomic E-state index is 12.3. The summed E-state index contributed by atoms with van der Waals surface area (Å²) < 4.78 is 1.45. The van der Waals surface area contributed by atoms with E-state index in [1.807, 2.05) is 0 Å². The van der Waals surface area contributed by atoms with Crippen molar-refractivity contribution in [2.45, 2.75) is 56.7 Å². The lowest BCUT2D eigenvalue weighted by Gasteiger charge is -2.37. The Morgan fingerprint density at radius 3 is 2.86 bits per heavy atom. The Morgan fingerprint density at radius 2 is 2.11 bits per heavy atom. The maximum Gasteiger partial charge on any atom is 0.269 e. The van der Waals surface area contributed by atoms with Gasteiger partial charge in [0.25, 0.3) is 11.5 Å². The van der Waals surface area contributed by atoms with Crippen LogP contribution in [-0.4, -0.2) is 56.2 Å². The van der Waals surface area contributed by atoms with Crippen LogP contribution in [0.1, 0.15) is 55.1 Å². The molecule has 2 aliphatic rings. The molecule has 150 valence electrons. The molecule has 9 nitrogen and oxygen atoms in total. The van der Waals surface area contributed by atoms with E-state index in [1.165, 1.54) is 10.7 Å². The predicted molar refractivity (Wildman–Crippen MR) is 103 cm³/mol. The molecule has 1 amide bonds. The highest BCUT2D eigenvalue weighted by molar-refractivity contribution is 5.92. The lowest BCUT2D eigenvalue weighted by atomic mass is 10.0. The summed E-state index contributed by atoms with van der Waals surface area (Å²) in [6, 6.07) is 4.76. The Kier molecular flexibility index (Phi) is 5.43. The molecule has 0 spiro atoms. The van der Waals surface area contributed by atoms with Gasteiger partial charge in [-0.1, -0.05) is 0 Å². The number of nitrogens with zero attached hydrogens (tertiary/aromatic N) is 4. The Balaban J connectivity index is 1.51. The third kappa shape index (κ3) is 3.80. The molecule has 0 radical (unpaired) electrons. The molecule has 1 aliphatic carbocycles. The number of rotatable bonds is 5. The van der Waals surface area contributed by atoms with Crippen molar-refractivity contribution in [1.82, 2.24) is 25.3 Å². The van der Waals surface area contributed by atoms with Crippen LogP contribution < -0.4 is 15.8 Å². The van der Waals surface area contributed by atoms with Crippen molar-refractivity contribution < 1.29 is 9.90 Å². The van der Waals surface area contributed by atoms with Crippen LogP contribution in [0.5, 0.6) is 0 Å². The molecule has 1 aliphatic heterocycles. The minimum absolute atomic E-state index is 0.104. The Hall–Kier alpha value is -2.68. The molecule has 0 aromatic carbocycles. The van der Waals surface area contributed by atoms with E-state index in [0.717, 1.165) is 44.5 Å². The first-order valence-electron chi connectivity index (χ1n) is 9.95. The quantitative estimate of drug-likeness (QED) is 0.701. The van der Waals surface area contributed by atoms with Gasteiger partial charge in [0, 0.05) is 31.4 Å². The van der Waals surface area contributed by atoms with Crippen LogP contribution in [0.25, 0.3) is 0 Å². The van der Waals surface area contributed by atoms with E-state index in [9.17, 15) is 14.7 Å². The summed E-state index contributed by atoms with van der Waals surface area (Å²) in [6.45, 7) is 1.31. The third-order valence-corrected chi connectivity index (χ3v) is 5.73. The fourth-order valence-corrected chi connectivity index (χ4v) is 4.21. The first kappa shape index (κ1) is 18.7. The number of amides is 1. The number of aromatic amines is 1. The van der Waals surface area contributed by atoms with Crippen molar-refractivity contribution in [2.75, 3.05) is 18.0 Å². The van der Waals surface area contributed by atoms with Crippen LogP contribution in [0, 0.1) is 0 Å². The minimum Gasteiger partial charge on any atom is -0.391 e. The number of aliphatic hydroxyl groups is 1. The van der Waals surface area contributed by atoms with Crippen LogP contribution in [0.4, 0.5) is 5.82 Å². The van der Waals surface area contributed by atoms with Gasteiger partial charge in [0.2, 0.25) is 0 Å². The number of H-pyrrole nitrogens is 1. The molecule has 3 atom stereocenters. The van der Waals surface area contributed by atoms with Gasteiger partial charge in [-0.3, -0.25) is 14.7 Å². The standard InChI is InChI=1S/C19H26N6O3/c26-16-6-3-5-15(16)25-18(27)8-7-17(23-25)24-11-2-1-4-13(24)12-20-19(28)14-9-10-21-22-14/h7-10,13,15-16,26H,1-6,11-12H2,(H,20,28)(H,21,22). The van der Waals surface area contributed by atoms with E-state index in [0.29, 0.717) is 18.7 Å². The Morgan fingerprint density at radius 1 is 1.21 bits per heavy atom. The molecule has 2 aromatic rings. The van der Waals surface area contributed by atoms with Crippen molar-refractivity contribution >= 4 is 11.7 Å². The van der Waals surface area contributed by atoms with Crippen LogP contribution in [0.15, 0.2) is 29.2 Å². The zero-order valence-corrected chi connectivity index (χ0v) is 15.8. The Bertz CT molecular complexity index is 865. The van der Waals surface area contributed by atoms with Crippen LogP contribution in [0.2, 0.25) is 0 Å². The summed E-state index contributed by atoms with van der Waals surface area (Å²) in [5.41, 5.74) is 0.250. The fraction of sp³-hybridized carbons (Fsp3) is 0.579. The van der Waals surface area contributed by atoms with E-state index in [2.05, 4.69) is 25.5 Å². The van der Waals surface area contributed by atoms with Crippen molar-refractivity contribution in [1.29, 1.82) is 0 Å². The molecule has 0 bridgehead atoms. The molecule has 9 heteroatoms. The molecule has 28 heavy (non-hydrogen) atoms. The van der Waals surface area contributed by atoms with E-state index < -0.39 is 6.10 Å². The monoisotopic (exact) mass is 386 g/mol. The molecule has 4 rings (SSSR count). The number of piperidine rings is 1. The number of carbonyl (C=O) groups excluding carboxylic acids is 1. The number of hydrogen-bond acceptors (Lipinski definition) is 6. The lowest BCUT2D eigenvalue weighted by molar-refractivity contribution is 0.0944. The van der Waals surface area contributed by atoms with E-state index >= 15 is 0 Å². The second-order valence-electron chi connectivity index (χ2n) is 7.56. The van der Waals surface area contributed by atoms with Gasteiger partial charge in [0.15, 0.2) is 0 Å². The minimum atomic E-state index is -0.522. The van der Waals surface area contributed by atoms with Gasteiger partial charge >= 0.3 is 0 Å². The molecule has 3 unspecified atom stereocenters. The van der Waals surface area contributed by atoms with Crippen molar-refractivity contribution in [3.05, 3.63) is 40.4 Å². The number of nitrogens with one attached hydrogen (secondary N) is 2. The van der Waals surface area contributed by atoms with Gasteiger partial charge in [-0.25, -0.2) is 4.68 Å². The molecular weight excluding hydrogens is 360 g/mol. The maximum absolute atomic E-state index is 12.3. The fourth-order valence-electron chi connectivity index (χ4n) is 4.21. The second kappa shape index (κ2) is 8.14. The first-order valence-corrected chi connectivity index (χ1v) is 9.95. The molecule has 2 fully saturated rings. The van der Waals surface area contributed by atoms with Crippen LogP contribution >= 0.6 is 0 Å². The molecule has 3 heterocycles. The second-order valence-corrected chi connectivity index (χ2v) is 7.56. The number of anilines is 1.